The second-order valence-corrected chi connectivity index (χ2v) is 4.00. The fourth-order valence-electron chi connectivity index (χ4n) is 2.10. The summed E-state index contributed by atoms with van der Waals surface area (Å²) in [6, 6.07) is 3.21. The number of hydrogen-bond donors (Lipinski definition) is 0. The van der Waals surface area contributed by atoms with Gasteiger partial charge in [-0.2, -0.15) is 13.2 Å². The molecule has 2 rings (SSSR count). The summed E-state index contributed by atoms with van der Waals surface area (Å²) in [6.07, 6.45) is -4.66. The molecule has 2 aromatic rings. The van der Waals surface area contributed by atoms with Crippen molar-refractivity contribution >= 4 is 16.7 Å². The number of hydrogen-bond acceptors (Lipinski definition) is 1. The van der Waals surface area contributed by atoms with Gasteiger partial charge in [-0.25, -0.2) is 4.39 Å². The number of aryl methyl sites for hydroxylation is 1. The Morgan fingerprint density at radius 3 is 2.39 bits per heavy atom. The van der Waals surface area contributed by atoms with E-state index in [9.17, 15) is 22.4 Å². The monoisotopic (exact) mass is 259 g/mol. The summed E-state index contributed by atoms with van der Waals surface area (Å²) in [5.41, 5.74) is -1.41. The highest BCUT2D eigenvalue weighted by molar-refractivity contribution is 6.08. The maximum Gasteiger partial charge on any atom is 0.432 e. The Morgan fingerprint density at radius 1 is 1.28 bits per heavy atom. The van der Waals surface area contributed by atoms with Crippen molar-refractivity contribution in [3.8, 4) is 0 Å². The average molecular weight is 259 g/mol. The van der Waals surface area contributed by atoms with Gasteiger partial charge in [-0.05, 0) is 25.1 Å². The Bertz CT molecular complexity index is 640. The number of rotatable bonds is 1. The minimum Gasteiger partial charge on any atom is -0.339 e. The molecule has 0 unspecified atom stereocenters. The zero-order chi connectivity index (χ0) is 13.7. The van der Waals surface area contributed by atoms with E-state index < -0.39 is 29.0 Å². The fourth-order valence-corrected chi connectivity index (χ4v) is 2.10. The second kappa shape index (κ2) is 3.83. The van der Waals surface area contributed by atoms with Crippen molar-refractivity contribution in [2.75, 3.05) is 0 Å². The predicted molar refractivity (Wildman–Crippen MR) is 57.9 cm³/mol. The molecule has 0 amide bonds. The van der Waals surface area contributed by atoms with Gasteiger partial charge in [0, 0.05) is 12.4 Å². The number of carbonyl (C=O) groups excluding carboxylic acids is 1. The van der Waals surface area contributed by atoms with E-state index in [-0.39, 0.29) is 10.9 Å². The summed E-state index contributed by atoms with van der Waals surface area (Å²) in [4.78, 5) is 11.4. The van der Waals surface area contributed by atoms with Crippen molar-refractivity contribution in [1.82, 2.24) is 4.57 Å². The summed E-state index contributed by atoms with van der Waals surface area (Å²) in [6.45, 7) is 1.06. The highest BCUT2D eigenvalue weighted by Crippen LogP contribution is 2.37. The Kier molecular flexibility index (Phi) is 2.68. The van der Waals surface area contributed by atoms with E-state index in [0.717, 1.165) is 30.7 Å². The first kappa shape index (κ1) is 12.6. The Hall–Kier alpha value is -1.85. The van der Waals surface area contributed by atoms with Crippen LogP contribution in [0.3, 0.4) is 0 Å². The van der Waals surface area contributed by atoms with E-state index in [1.54, 1.807) is 0 Å². The van der Waals surface area contributed by atoms with E-state index >= 15 is 0 Å². The van der Waals surface area contributed by atoms with Crippen molar-refractivity contribution in [3.05, 3.63) is 35.3 Å². The van der Waals surface area contributed by atoms with Gasteiger partial charge in [-0.15, -0.1) is 0 Å². The molecule has 0 spiro atoms. The lowest BCUT2D eigenvalue weighted by Gasteiger charge is -2.09. The molecule has 0 saturated heterocycles. The summed E-state index contributed by atoms with van der Waals surface area (Å²) < 4.78 is 52.7. The first-order chi connectivity index (χ1) is 8.23. The van der Waals surface area contributed by atoms with Crippen LogP contribution in [0.2, 0.25) is 0 Å². The van der Waals surface area contributed by atoms with Crippen LogP contribution >= 0.6 is 0 Å². The molecule has 1 aromatic heterocycles. The van der Waals surface area contributed by atoms with Gasteiger partial charge in [-0.1, -0.05) is 0 Å². The van der Waals surface area contributed by atoms with Gasteiger partial charge in [0.15, 0.2) is 5.78 Å². The first-order valence-electron chi connectivity index (χ1n) is 5.09. The molecule has 0 saturated carbocycles. The van der Waals surface area contributed by atoms with Gasteiger partial charge in [0.05, 0.1) is 11.1 Å². The minimum absolute atomic E-state index is 0.0486. The van der Waals surface area contributed by atoms with Gasteiger partial charge in [0.25, 0.3) is 0 Å². The molecule has 0 atom stereocenters. The molecule has 0 fully saturated rings. The van der Waals surface area contributed by atoms with Crippen LogP contribution in [0.15, 0.2) is 18.2 Å². The van der Waals surface area contributed by atoms with Gasteiger partial charge >= 0.3 is 6.18 Å². The average Bonchev–Trinajstić information content (AvgIpc) is 2.51. The molecule has 1 heterocycles. The summed E-state index contributed by atoms with van der Waals surface area (Å²) in [5.74, 6) is -1.34. The van der Waals surface area contributed by atoms with Crippen molar-refractivity contribution in [3.63, 3.8) is 0 Å². The fraction of sp³-hybridized carbons (Fsp3) is 0.250. The number of ketones is 1. The van der Waals surface area contributed by atoms with Crippen LogP contribution in [-0.2, 0) is 13.2 Å². The van der Waals surface area contributed by atoms with Gasteiger partial charge in [0.2, 0.25) is 0 Å². The van der Waals surface area contributed by atoms with Crippen LogP contribution in [-0.4, -0.2) is 10.4 Å². The molecular formula is C12H9F4NO. The molecule has 0 aliphatic carbocycles. The van der Waals surface area contributed by atoms with Gasteiger partial charge in [0.1, 0.15) is 11.5 Å². The summed E-state index contributed by atoms with van der Waals surface area (Å²) in [7, 11) is 1.16. The zero-order valence-corrected chi connectivity index (χ0v) is 9.60. The molecule has 0 bridgehead atoms. The SMILES string of the molecule is CC(=O)c1c(C(F)(F)F)n(C)c2cc(F)ccc12. The van der Waals surface area contributed by atoms with Crippen LogP contribution < -0.4 is 0 Å². The highest BCUT2D eigenvalue weighted by atomic mass is 19.4. The Morgan fingerprint density at radius 2 is 1.89 bits per heavy atom. The van der Waals surface area contributed by atoms with Crippen molar-refractivity contribution in [2.24, 2.45) is 7.05 Å². The molecule has 0 N–H and O–H groups in total. The minimum atomic E-state index is -4.66. The maximum atomic E-state index is 13.1. The molecule has 6 heteroatoms. The second-order valence-electron chi connectivity index (χ2n) is 4.00. The van der Waals surface area contributed by atoms with Crippen LogP contribution in [0.25, 0.3) is 10.9 Å². The molecule has 1 aromatic carbocycles. The molecule has 96 valence electrons. The van der Waals surface area contributed by atoms with Crippen LogP contribution in [0.1, 0.15) is 23.0 Å². The van der Waals surface area contributed by atoms with E-state index in [1.807, 2.05) is 0 Å². The smallest absolute Gasteiger partial charge is 0.339 e. The van der Waals surface area contributed by atoms with Gasteiger partial charge < -0.3 is 4.57 Å². The Labute approximate surface area is 99.8 Å². The van der Waals surface area contributed by atoms with E-state index in [4.69, 9.17) is 0 Å². The highest BCUT2D eigenvalue weighted by Gasteiger charge is 2.39. The zero-order valence-electron chi connectivity index (χ0n) is 9.60. The number of aromatic nitrogens is 1. The third kappa shape index (κ3) is 1.77. The topological polar surface area (TPSA) is 22.0 Å². The Balaban J connectivity index is 2.97. The quantitative estimate of drug-likeness (QED) is 0.567. The van der Waals surface area contributed by atoms with Crippen molar-refractivity contribution in [2.45, 2.75) is 13.1 Å². The molecular weight excluding hydrogens is 250 g/mol. The largest absolute Gasteiger partial charge is 0.432 e. The molecule has 0 aliphatic rings. The summed E-state index contributed by atoms with van der Waals surface area (Å²) in [5, 5.41) is 0.110. The predicted octanol–water partition coefficient (Wildman–Crippen LogP) is 3.54. The van der Waals surface area contributed by atoms with Crippen molar-refractivity contribution in [1.29, 1.82) is 0 Å². The number of halogens is 4. The molecule has 18 heavy (non-hydrogen) atoms. The third-order valence-electron chi connectivity index (χ3n) is 2.78. The van der Waals surface area contributed by atoms with E-state index in [0.29, 0.717) is 0 Å². The number of fused-ring (bicyclic) bond motifs is 1. The maximum absolute atomic E-state index is 13.1. The molecule has 0 radical (unpaired) electrons. The number of Topliss-reactive ketones (excluding diaryl/α,β-unsaturated/α-hetero) is 1. The third-order valence-corrected chi connectivity index (χ3v) is 2.78. The lowest BCUT2D eigenvalue weighted by Crippen LogP contribution is -2.15. The van der Waals surface area contributed by atoms with Gasteiger partial charge in [-0.3, -0.25) is 4.79 Å². The molecule has 2 nitrogen and oxygen atoms in total. The first-order valence-corrected chi connectivity index (χ1v) is 5.09. The lowest BCUT2D eigenvalue weighted by molar-refractivity contribution is -0.143. The number of benzene rings is 1. The van der Waals surface area contributed by atoms with Crippen LogP contribution in [0.5, 0.6) is 0 Å². The number of nitrogens with zero attached hydrogens (tertiary/aromatic N) is 1. The lowest BCUT2D eigenvalue weighted by atomic mass is 10.1. The number of carbonyl (C=O) groups is 1. The van der Waals surface area contributed by atoms with Crippen molar-refractivity contribution < 1.29 is 22.4 Å². The van der Waals surface area contributed by atoms with Crippen LogP contribution in [0, 0.1) is 5.82 Å². The molecule has 0 aliphatic heterocycles. The standard InChI is InChI=1S/C12H9F4NO/c1-6(18)10-8-4-3-7(13)5-9(8)17(2)11(10)12(14,15)16/h3-5H,1-2H3. The van der Waals surface area contributed by atoms with Crippen LogP contribution in [0.4, 0.5) is 17.6 Å². The normalized spacial score (nSPS) is 12.1. The van der Waals surface area contributed by atoms with E-state index in [1.165, 1.54) is 6.07 Å². The number of alkyl halides is 3. The summed E-state index contributed by atoms with van der Waals surface area (Å²) >= 11 is 0. The van der Waals surface area contributed by atoms with E-state index in [2.05, 4.69) is 0 Å².